The molecular formula is C20H32N6O7S. The largest absolute Gasteiger partial charge is 0.394 e. The Kier molecular flexibility index (Phi) is 11.6. The molecule has 3 atom stereocenters. The Morgan fingerprint density at radius 3 is 2.35 bits per heavy atom. The van der Waals surface area contributed by atoms with Crippen molar-refractivity contribution >= 4 is 40.1 Å². The van der Waals surface area contributed by atoms with Crippen LogP contribution in [0.25, 0.3) is 0 Å². The molecule has 0 aliphatic carbocycles. The summed E-state index contributed by atoms with van der Waals surface area (Å²) in [5.74, 6) is -0.550. The minimum atomic E-state index is -4.67. The molecule has 1 aromatic rings. The molecule has 2 rings (SSSR count). The van der Waals surface area contributed by atoms with Gasteiger partial charge in [0.2, 0.25) is 11.8 Å². The lowest BCUT2D eigenvalue weighted by atomic mass is 10.1. The van der Waals surface area contributed by atoms with Crippen molar-refractivity contribution in [1.29, 1.82) is 0 Å². The molecule has 0 aromatic heterocycles. The van der Waals surface area contributed by atoms with Crippen LogP contribution in [-0.4, -0.2) is 77.7 Å². The number of nitrogens with two attached hydrogens (primary N) is 3. The highest BCUT2D eigenvalue weighted by Crippen LogP contribution is 2.26. The number of carbonyl (C=O) groups excluding carboxylic acids is 3. The summed E-state index contributed by atoms with van der Waals surface area (Å²) in [7, 11) is -4.67. The zero-order valence-corrected chi connectivity index (χ0v) is 19.7. The smallest absolute Gasteiger partial charge is 0.370 e. The summed E-state index contributed by atoms with van der Waals surface area (Å²) in [4.78, 5) is 44.8. The number of carbonyl (C=O) groups is 3. The van der Waals surface area contributed by atoms with Crippen LogP contribution in [0.4, 0.5) is 5.69 Å². The summed E-state index contributed by atoms with van der Waals surface area (Å²) in [6.07, 6.45) is 2.95. The molecule has 2 amide bonds. The number of benzene rings is 1. The third-order valence-electron chi connectivity index (χ3n) is 4.92. The van der Waals surface area contributed by atoms with Crippen LogP contribution in [0, 0.1) is 0 Å². The standard InChI is InChI=1S/C20H30N6O3.H2O4S/c1-14(21)18(28)25-12-6-10-17(25)19(29)26(15-7-3-2-4-8-15)16(13-27)9-5-11-24-20(22)23;1-5(2,3)4/h2-4,7-8,13-14,16-17H,5-6,9-12,21H2,1H3,(H4,22,23,24);(H2,1,2,3,4)/t14-,16-,17-;/m0./s1. The van der Waals surface area contributed by atoms with Crippen LogP contribution in [0.15, 0.2) is 35.3 Å². The number of hydrogen-bond donors (Lipinski definition) is 5. The first kappa shape index (κ1) is 29.0. The molecule has 1 saturated heterocycles. The Hall–Kier alpha value is -3.07. The molecule has 0 bridgehead atoms. The molecule has 14 heteroatoms. The van der Waals surface area contributed by atoms with Gasteiger partial charge in [-0.3, -0.25) is 23.7 Å². The van der Waals surface area contributed by atoms with Crippen molar-refractivity contribution < 1.29 is 31.9 Å². The van der Waals surface area contributed by atoms with E-state index >= 15 is 0 Å². The second kappa shape index (κ2) is 13.6. The lowest BCUT2D eigenvalue weighted by Gasteiger charge is -2.34. The SMILES string of the molecule is C[C@H](N)C(=O)N1CCC[C@H]1C(=O)N(c1ccccc1)[C@H](C=O)CCCN=C(N)N.O=S(=O)(O)O. The number of amides is 2. The fraction of sp³-hybridized carbons (Fsp3) is 0.500. The first-order chi connectivity index (χ1) is 15.9. The number of likely N-dealkylation sites (tertiary alicyclic amines) is 1. The van der Waals surface area contributed by atoms with Gasteiger partial charge in [0, 0.05) is 18.8 Å². The number of aldehydes is 1. The third kappa shape index (κ3) is 9.82. The van der Waals surface area contributed by atoms with E-state index in [1.54, 1.807) is 31.2 Å². The predicted molar refractivity (Wildman–Crippen MR) is 126 cm³/mol. The molecule has 1 aromatic carbocycles. The molecule has 190 valence electrons. The Labute approximate surface area is 198 Å². The first-order valence-electron chi connectivity index (χ1n) is 10.5. The number of rotatable bonds is 9. The number of nitrogens with zero attached hydrogens (tertiary/aromatic N) is 3. The van der Waals surface area contributed by atoms with Gasteiger partial charge in [0.25, 0.3) is 0 Å². The Morgan fingerprint density at radius 1 is 1.26 bits per heavy atom. The maximum atomic E-state index is 13.5. The number of aliphatic imine (C=N–C) groups is 1. The van der Waals surface area contributed by atoms with Gasteiger partial charge in [-0.1, -0.05) is 18.2 Å². The average Bonchev–Trinajstić information content (AvgIpc) is 3.24. The van der Waals surface area contributed by atoms with Crippen LogP contribution in [0.1, 0.15) is 32.6 Å². The van der Waals surface area contributed by atoms with Crippen molar-refractivity contribution in [2.24, 2.45) is 22.2 Å². The van der Waals surface area contributed by atoms with Crippen LogP contribution in [0.5, 0.6) is 0 Å². The molecule has 0 unspecified atom stereocenters. The van der Waals surface area contributed by atoms with E-state index in [-0.39, 0.29) is 17.8 Å². The quantitative estimate of drug-likeness (QED) is 0.0944. The molecule has 0 saturated carbocycles. The summed E-state index contributed by atoms with van der Waals surface area (Å²) in [6, 6.07) is 6.99. The van der Waals surface area contributed by atoms with Crippen LogP contribution in [0.2, 0.25) is 0 Å². The predicted octanol–water partition coefficient (Wildman–Crippen LogP) is -0.674. The fourth-order valence-corrected chi connectivity index (χ4v) is 3.55. The van der Waals surface area contributed by atoms with Gasteiger partial charge >= 0.3 is 10.4 Å². The number of anilines is 1. The minimum Gasteiger partial charge on any atom is -0.370 e. The second-order valence-corrected chi connectivity index (χ2v) is 8.52. The van der Waals surface area contributed by atoms with Crippen molar-refractivity contribution in [3.05, 3.63) is 30.3 Å². The van der Waals surface area contributed by atoms with E-state index in [4.69, 9.17) is 34.7 Å². The van der Waals surface area contributed by atoms with Gasteiger partial charge in [-0.15, -0.1) is 0 Å². The molecule has 1 fully saturated rings. The minimum absolute atomic E-state index is 0.0142. The number of guanidine groups is 1. The number of hydrogen-bond acceptors (Lipinski definition) is 7. The van der Waals surface area contributed by atoms with Gasteiger partial charge in [-0.2, -0.15) is 8.42 Å². The van der Waals surface area contributed by atoms with Crippen molar-refractivity contribution in [3.8, 4) is 0 Å². The molecule has 0 radical (unpaired) electrons. The van der Waals surface area contributed by atoms with Gasteiger partial charge in [0.1, 0.15) is 12.3 Å². The van der Waals surface area contributed by atoms with Crippen LogP contribution in [0.3, 0.4) is 0 Å². The molecule has 13 nitrogen and oxygen atoms in total. The van der Waals surface area contributed by atoms with Crippen LogP contribution >= 0.6 is 0 Å². The van der Waals surface area contributed by atoms with Gasteiger partial charge in [0.15, 0.2) is 5.96 Å². The van der Waals surface area contributed by atoms with Gasteiger partial charge in [0.05, 0.1) is 12.1 Å². The van der Waals surface area contributed by atoms with Gasteiger partial charge in [-0.05, 0) is 44.7 Å². The molecule has 8 N–H and O–H groups in total. The lowest BCUT2D eigenvalue weighted by Crippen LogP contribution is -2.54. The summed E-state index contributed by atoms with van der Waals surface area (Å²) in [5.41, 5.74) is 17.0. The molecule has 34 heavy (non-hydrogen) atoms. The van der Waals surface area contributed by atoms with Crippen molar-refractivity contribution in [1.82, 2.24) is 4.90 Å². The van der Waals surface area contributed by atoms with E-state index in [2.05, 4.69) is 4.99 Å². The summed E-state index contributed by atoms with van der Waals surface area (Å²) in [6.45, 7) is 2.45. The maximum Gasteiger partial charge on any atom is 0.394 e. The highest BCUT2D eigenvalue weighted by Gasteiger charge is 2.39. The molecular weight excluding hydrogens is 468 g/mol. The average molecular weight is 501 g/mol. The van der Waals surface area contributed by atoms with Gasteiger partial charge < -0.3 is 31.8 Å². The highest BCUT2D eigenvalue weighted by atomic mass is 32.3. The zero-order valence-electron chi connectivity index (χ0n) is 18.9. The van der Waals surface area contributed by atoms with E-state index in [1.165, 1.54) is 9.80 Å². The highest BCUT2D eigenvalue weighted by molar-refractivity contribution is 7.79. The van der Waals surface area contributed by atoms with Crippen molar-refractivity contribution in [3.63, 3.8) is 0 Å². The van der Waals surface area contributed by atoms with E-state index in [1.807, 2.05) is 6.07 Å². The van der Waals surface area contributed by atoms with E-state index in [9.17, 15) is 14.4 Å². The normalized spacial score (nSPS) is 17.1. The molecule has 1 aliphatic heterocycles. The van der Waals surface area contributed by atoms with E-state index < -0.39 is 28.5 Å². The summed E-state index contributed by atoms with van der Waals surface area (Å²) >= 11 is 0. The summed E-state index contributed by atoms with van der Waals surface area (Å²) < 4.78 is 31.6. The zero-order chi connectivity index (χ0) is 25.9. The monoisotopic (exact) mass is 500 g/mol. The fourth-order valence-electron chi connectivity index (χ4n) is 3.55. The Balaban J connectivity index is 0.00000104. The van der Waals surface area contributed by atoms with Crippen LogP contribution < -0.4 is 22.1 Å². The van der Waals surface area contributed by atoms with Gasteiger partial charge in [-0.25, -0.2) is 0 Å². The van der Waals surface area contributed by atoms with Crippen molar-refractivity contribution in [2.45, 2.75) is 50.7 Å². The van der Waals surface area contributed by atoms with E-state index in [0.717, 1.165) is 6.29 Å². The summed E-state index contributed by atoms with van der Waals surface area (Å²) in [5, 5.41) is 0. The molecule has 1 heterocycles. The van der Waals surface area contributed by atoms with E-state index in [0.29, 0.717) is 44.5 Å². The first-order valence-corrected chi connectivity index (χ1v) is 11.9. The number of para-hydroxylation sites is 1. The topological polar surface area (TPSA) is 223 Å². The third-order valence-corrected chi connectivity index (χ3v) is 4.92. The Bertz CT molecular complexity index is 943. The Morgan fingerprint density at radius 2 is 1.85 bits per heavy atom. The van der Waals surface area contributed by atoms with Crippen LogP contribution in [-0.2, 0) is 24.8 Å². The maximum absolute atomic E-state index is 13.5. The lowest BCUT2D eigenvalue weighted by molar-refractivity contribution is -0.138. The second-order valence-electron chi connectivity index (χ2n) is 7.62. The molecule has 1 aliphatic rings. The molecule has 0 spiro atoms. The van der Waals surface area contributed by atoms with Crippen molar-refractivity contribution in [2.75, 3.05) is 18.0 Å².